The number of nitrogens with zero attached hydrogens (tertiary/aromatic N) is 1. The van der Waals surface area contributed by atoms with E-state index in [1.165, 1.54) is 0 Å². The predicted molar refractivity (Wildman–Crippen MR) is 64.7 cm³/mol. The number of H-pyrrole nitrogens is 1. The predicted octanol–water partition coefficient (Wildman–Crippen LogP) is 4.36. The lowest BCUT2D eigenvalue weighted by molar-refractivity contribution is -0.137. The molecular weight excluding hydrogens is 281 g/mol. The third-order valence-electron chi connectivity index (χ3n) is 2.15. The van der Waals surface area contributed by atoms with Crippen LogP contribution < -0.4 is 0 Å². The molecule has 0 amide bonds. The summed E-state index contributed by atoms with van der Waals surface area (Å²) < 4.78 is 37.9. The van der Waals surface area contributed by atoms with Crippen molar-refractivity contribution in [3.63, 3.8) is 0 Å². The molecule has 0 atom stereocenters. The van der Waals surface area contributed by atoms with Crippen LogP contribution in [0.5, 0.6) is 0 Å². The summed E-state index contributed by atoms with van der Waals surface area (Å²) in [4.78, 5) is 3.67. The van der Waals surface area contributed by atoms with Gasteiger partial charge in [-0.2, -0.15) is 18.4 Å². The zero-order valence-electron chi connectivity index (χ0n) is 8.71. The Labute approximate surface area is 109 Å². The Morgan fingerprint density at radius 2 is 2.00 bits per heavy atom. The maximum absolute atomic E-state index is 12.6. The van der Waals surface area contributed by atoms with E-state index < -0.39 is 11.7 Å². The van der Waals surface area contributed by atoms with Crippen molar-refractivity contribution in [3.05, 3.63) is 39.3 Å². The third-order valence-corrected chi connectivity index (χ3v) is 3.40. The van der Waals surface area contributed by atoms with Gasteiger partial charge in [-0.05, 0) is 24.3 Å². The molecule has 2 nitrogen and oxygen atoms in total. The summed E-state index contributed by atoms with van der Waals surface area (Å²) in [5.41, 5.74) is -0.533. The van der Waals surface area contributed by atoms with Gasteiger partial charge in [0.2, 0.25) is 0 Å². The van der Waals surface area contributed by atoms with Crippen molar-refractivity contribution in [2.24, 2.45) is 0 Å². The fourth-order valence-corrected chi connectivity index (χ4v) is 2.39. The molecule has 2 rings (SSSR count). The van der Waals surface area contributed by atoms with Crippen molar-refractivity contribution in [1.82, 2.24) is 4.98 Å². The molecular formula is C11H5F3N2S2. The number of halogens is 3. The van der Waals surface area contributed by atoms with Gasteiger partial charge in [0.05, 0.1) is 16.1 Å². The zero-order valence-corrected chi connectivity index (χ0v) is 10.3. The Kier molecular flexibility index (Phi) is 3.24. The Bertz CT molecular complexity index is 677. The first-order valence-electron chi connectivity index (χ1n) is 4.72. The number of hydrogen-bond donors (Lipinski definition) is 1. The van der Waals surface area contributed by atoms with E-state index in [1.807, 2.05) is 6.07 Å². The number of alkyl halides is 3. The summed E-state index contributed by atoms with van der Waals surface area (Å²) in [7, 11) is 0. The van der Waals surface area contributed by atoms with Gasteiger partial charge >= 0.3 is 6.18 Å². The van der Waals surface area contributed by atoms with Crippen LogP contribution in [0.3, 0.4) is 0 Å². The summed E-state index contributed by atoms with van der Waals surface area (Å²) in [6.45, 7) is 0. The van der Waals surface area contributed by atoms with E-state index in [0.29, 0.717) is 9.75 Å². The molecule has 0 saturated carbocycles. The van der Waals surface area contributed by atoms with Crippen LogP contribution in [0.25, 0.3) is 10.6 Å². The van der Waals surface area contributed by atoms with Crippen molar-refractivity contribution in [2.45, 2.75) is 6.18 Å². The van der Waals surface area contributed by atoms with Gasteiger partial charge in [-0.1, -0.05) is 12.2 Å². The first kappa shape index (κ1) is 12.8. The molecule has 2 heterocycles. The molecule has 2 aromatic heterocycles. The van der Waals surface area contributed by atoms with Crippen LogP contribution in [0.1, 0.15) is 10.4 Å². The largest absolute Gasteiger partial charge is 0.416 e. The van der Waals surface area contributed by atoms with E-state index in [4.69, 9.17) is 17.5 Å². The minimum Gasteiger partial charge on any atom is -0.345 e. The van der Waals surface area contributed by atoms with E-state index in [-0.39, 0.29) is 10.3 Å². The van der Waals surface area contributed by atoms with Crippen LogP contribution in [0.4, 0.5) is 13.2 Å². The van der Waals surface area contributed by atoms with Crippen LogP contribution >= 0.6 is 23.6 Å². The van der Waals surface area contributed by atoms with Crippen molar-refractivity contribution < 1.29 is 13.2 Å². The highest BCUT2D eigenvalue weighted by Gasteiger charge is 2.31. The number of hydrogen-bond acceptors (Lipinski definition) is 3. The number of thiophene rings is 1. The number of rotatable bonds is 1. The molecule has 0 aliphatic carbocycles. The maximum atomic E-state index is 12.6. The topological polar surface area (TPSA) is 39.6 Å². The molecule has 0 saturated heterocycles. The molecule has 0 fully saturated rings. The van der Waals surface area contributed by atoms with E-state index in [2.05, 4.69) is 4.98 Å². The van der Waals surface area contributed by atoms with Crippen LogP contribution in [-0.4, -0.2) is 4.98 Å². The van der Waals surface area contributed by atoms with Gasteiger partial charge in [0.1, 0.15) is 15.6 Å². The molecule has 0 aromatic carbocycles. The number of nitriles is 1. The number of nitrogens with one attached hydrogen (secondary N) is 1. The number of aromatic amines is 1. The van der Waals surface area contributed by atoms with Gasteiger partial charge in [0.25, 0.3) is 0 Å². The molecule has 7 heteroatoms. The Balaban J connectivity index is 2.56. The molecule has 2 aromatic rings. The lowest BCUT2D eigenvalue weighted by Crippen LogP contribution is -2.05. The average Bonchev–Trinajstić information content (AvgIpc) is 2.75. The van der Waals surface area contributed by atoms with E-state index >= 15 is 0 Å². The molecule has 0 bridgehead atoms. The van der Waals surface area contributed by atoms with Gasteiger partial charge in [-0.3, -0.25) is 0 Å². The Hall–Kier alpha value is -1.65. The van der Waals surface area contributed by atoms with Crippen LogP contribution in [0.15, 0.2) is 24.3 Å². The second-order valence-electron chi connectivity index (χ2n) is 3.42. The first-order valence-corrected chi connectivity index (χ1v) is 5.94. The van der Waals surface area contributed by atoms with Gasteiger partial charge in [0, 0.05) is 0 Å². The van der Waals surface area contributed by atoms with Crippen LogP contribution in [0.2, 0.25) is 0 Å². The van der Waals surface area contributed by atoms with Gasteiger partial charge < -0.3 is 4.98 Å². The first-order chi connectivity index (χ1) is 8.40. The molecule has 0 spiro atoms. The summed E-state index contributed by atoms with van der Waals surface area (Å²) in [5.74, 6) is 0. The standard InChI is InChI=1S/C11H5F3N2S2/c12-11(13,14)6-3-8(16-10(17)4-6)9-2-1-7(5-15)18-9/h1-4H,(H,16,17). The second-order valence-corrected chi connectivity index (χ2v) is 4.94. The quantitative estimate of drug-likeness (QED) is 0.791. The maximum Gasteiger partial charge on any atom is 0.416 e. The Morgan fingerprint density at radius 3 is 2.56 bits per heavy atom. The highest BCUT2D eigenvalue weighted by Crippen LogP contribution is 2.33. The monoisotopic (exact) mass is 286 g/mol. The SMILES string of the molecule is N#Cc1ccc(-c2cc(C(F)(F)F)cc(=S)[nH]2)s1. The second kappa shape index (κ2) is 4.55. The average molecular weight is 286 g/mol. The van der Waals surface area contributed by atoms with Crippen molar-refractivity contribution in [2.75, 3.05) is 0 Å². The fraction of sp³-hybridized carbons (Fsp3) is 0.0909. The van der Waals surface area contributed by atoms with Crippen molar-refractivity contribution in [3.8, 4) is 16.6 Å². The summed E-state index contributed by atoms with van der Waals surface area (Å²) in [6.07, 6.45) is -4.44. The molecule has 0 unspecified atom stereocenters. The van der Waals surface area contributed by atoms with Gasteiger partial charge in [0.15, 0.2) is 0 Å². The normalized spacial score (nSPS) is 11.2. The lowest BCUT2D eigenvalue weighted by atomic mass is 10.2. The summed E-state index contributed by atoms with van der Waals surface area (Å²) >= 11 is 5.88. The van der Waals surface area contributed by atoms with E-state index in [0.717, 1.165) is 23.5 Å². The molecule has 18 heavy (non-hydrogen) atoms. The van der Waals surface area contributed by atoms with Crippen LogP contribution in [-0.2, 0) is 6.18 Å². The van der Waals surface area contributed by atoms with Gasteiger partial charge in [-0.25, -0.2) is 0 Å². The third kappa shape index (κ3) is 2.60. The zero-order chi connectivity index (χ0) is 13.3. The Morgan fingerprint density at radius 1 is 1.28 bits per heavy atom. The minimum absolute atomic E-state index is 0.00623. The molecule has 92 valence electrons. The molecule has 0 radical (unpaired) electrons. The molecule has 0 aliphatic rings. The molecule has 0 aliphatic heterocycles. The summed E-state index contributed by atoms with van der Waals surface area (Å²) in [6, 6.07) is 6.93. The fourth-order valence-electron chi connectivity index (χ4n) is 1.38. The summed E-state index contributed by atoms with van der Waals surface area (Å²) in [5, 5.41) is 8.69. The van der Waals surface area contributed by atoms with Crippen LogP contribution in [0, 0.1) is 16.0 Å². The van der Waals surface area contributed by atoms with Gasteiger partial charge in [-0.15, -0.1) is 11.3 Å². The van der Waals surface area contributed by atoms with Crippen molar-refractivity contribution in [1.29, 1.82) is 5.26 Å². The molecule has 1 N–H and O–H groups in total. The lowest BCUT2D eigenvalue weighted by Gasteiger charge is -2.08. The highest BCUT2D eigenvalue weighted by molar-refractivity contribution is 7.71. The van der Waals surface area contributed by atoms with E-state index in [9.17, 15) is 13.2 Å². The number of aromatic nitrogens is 1. The smallest absolute Gasteiger partial charge is 0.345 e. The highest BCUT2D eigenvalue weighted by atomic mass is 32.1. The number of pyridine rings is 1. The van der Waals surface area contributed by atoms with Crippen molar-refractivity contribution >= 4 is 23.6 Å². The van der Waals surface area contributed by atoms with E-state index in [1.54, 1.807) is 12.1 Å². The minimum atomic E-state index is -4.44.